The summed E-state index contributed by atoms with van der Waals surface area (Å²) in [6.45, 7) is 5.62. The molecule has 0 bridgehead atoms. The van der Waals surface area contributed by atoms with Gasteiger partial charge in [-0.25, -0.2) is 4.57 Å². The minimum atomic E-state index is -4.27. The van der Waals surface area contributed by atoms with Crippen molar-refractivity contribution in [3.05, 3.63) is 12.2 Å². The van der Waals surface area contributed by atoms with Crippen molar-refractivity contribution < 1.29 is 37.3 Å². The minimum absolute atomic E-state index is 0.0905. The second-order valence-electron chi connectivity index (χ2n) is 15.4. The number of quaternary nitrogens is 1. The molecule has 0 aromatic carbocycles. The monoisotopic (exact) mass is 733 g/mol. The Labute approximate surface area is 310 Å². The molecule has 0 saturated carbocycles. The van der Waals surface area contributed by atoms with Gasteiger partial charge in [-0.15, -0.1) is 0 Å². The van der Waals surface area contributed by atoms with E-state index in [-0.39, 0.29) is 25.8 Å². The van der Waals surface area contributed by atoms with Crippen molar-refractivity contribution >= 4 is 13.8 Å². The summed E-state index contributed by atoms with van der Waals surface area (Å²) in [4.78, 5) is 22.8. The van der Waals surface area contributed by atoms with Gasteiger partial charge in [0, 0.05) is 13.0 Å². The molecule has 0 amide bonds. The van der Waals surface area contributed by atoms with Crippen LogP contribution in [0.5, 0.6) is 0 Å². The summed E-state index contributed by atoms with van der Waals surface area (Å²) in [7, 11) is 1.67. The number of esters is 1. The predicted octanol–water partition coefficient (Wildman–Crippen LogP) is 11.9. The second kappa shape index (κ2) is 35.3. The highest BCUT2D eigenvalue weighted by Gasteiger charge is 2.26. The quantitative estimate of drug-likeness (QED) is 0.0221. The first-order valence-corrected chi connectivity index (χ1v) is 22.4. The number of carbonyl (C=O) groups excluding carboxylic acids is 1. The van der Waals surface area contributed by atoms with E-state index in [1.54, 1.807) is 0 Å². The first kappa shape index (κ1) is 49.2. The summed E-state index contributed by atoms with van der Waals surface area (Å²) in [6.07, 6.45) is 36.6. The molecule has 0 rings (SSSR count). The van der Waals surface area contributed by atoms with Gasteiger partial charge in [0.25, 0.3) is 0 Å². The number of ether oxygens (including phenoxy) is 2. The third kappa shape index (κ3) is 38.5. The van der Waals surface area contributed by atoms with Crippen molar-refractivity contribution in [1.29, 1.82) is 0 Å². The summed E-state index contributed by atoms with van der Waals surface area (Å²) in [5, 5.41) is 0. The average molecular weight is 733 g/mol. The van der Waals surface area contributed by atoms with Gasteiger partial charge in [-0.3, -0.25) is 13.8 Å². The van der Waals surface area contributed by atoms with E-state index in [2.05, 4.69) is 26.0 Å². The molecule has 0 spiro atoms. The lowest BCUT2D eigenvalue weighted by Crippen LogP contribution is -2.37. The van der Waals surface area contributed by atoms with Gasteiger partial charge in [-0.2, -0.15) is 0 Å². The van der Waals surface area contributed by atoms with Crippen LogP contribution in [0.1, 0.15) is 187 Å². The Hall–Kier alpha value is -0.760. The van der Waals surface area contributed by atoms with Gasteiger partial charge in [-0.05, 0) is 38.5 Å². The van der Waals surface area contributed by atoms with Crippen LogP contribution in [-0.4, -0.2) is 75.6 Å². The van der Waals surface area contributed by atoms with Crippen LogP contribution in [0.4, 0.5) is 0 Å². The van der Waals surface area contributed by atoms with Gasteiger partial charge in [-0.1, -0.05) is 154 Å². The lowest BCUT2D eigenvalue weighted by atomic mass is 10.0. The zero-order valence-corrected chi connectivity index (χ0v) is 34.5. The smallest absolute Gasteiger partial charge is 0.457 e. The van der Waals surface area contributed by atoms with Crippen molar-refractivity contribution in [3.8, 4) is 0 Å². The molecule has 0 saturated heterocycles. The van der Waals surface area contributed by atoms with Crippen molar-refractivity contribution in [2.75, 3.05) is 54.1 Å². The molecule has 0 aliphatic carbocycles. The number of rotatable bonds is 39. The van der Waals surface area contributed by atoms with Crippen LogP contribution in [0, 0.1) is 0 Å². The summed E-state index contributed by atoms with van der Waals surface area (Å²) in [5.74, 6) is -0.314. The largest absolute Gasteiger partial charge is 0.472 e. The molecule has 0 radical (unpaired) electrons. The second-order valence-corrected chi connectivity index (χ2v) is 16.8. The fraction of sp³-hybridized carbons (Fsp3) is 0.927. The molecule has 0 aliphatic rings. The Morgan fingerprint density at radius 3 is 1.54 bits per heavy atom. The lowest BCUT2D eigenvalue weighted by Gasteiger charge is -2.24. The number of hydrogen-bond donors (Lipinski definition) is 1. The molecule has 0 heterocycles. The van der Waals surface area contributed by atoms with E-state index < -0.39 is 13.9 Å². The zero-order valence-electron chi connectivity index (χ0n) is 33.7. The van der Waals surface area contributed by atoms with Crippen LogP contribution >= 0.6 is 7.82 Å². The number of allylic oxidation sites excluding steroid dienone is 2. The summed E-state index contributed by atoms with van der Waals surface area (Å²) < 4.78 is 34.9. The maximum atomic E-state index is 12.6. The van der Waals surface area contributed by atoms with Crippen molar-refractivity contribution in [3.63, 3.8) is 0 Å². The first-order chi connectivity index (χ1) is 24.1. The molecule has 0 aliphatic heterocycles. The minimum Gasteiger partial charge on any atom is -0.457 e. The standard InChI is InChI=1S/C41H82NO7P/c1-6-8-10-12-14-16-18-20-22-24-26-28-30-32-34-41(43)49-40(39-48-50(44,45)47-37-35-42(3,4)5)38-46-36-33-31-29-27-25-23-21-19-17-15-13-11-9-7-2/h17,19,40H,6-16,18,20-39H2,1-5H3/p+1/b19-17-. The highest BCUT2D eigenvalue weighted by Crippen LogP contribution is 2.43. The zero-order chi connectivity index (χ0) is 37.0. The molecule has 2 atom stereocenters. The summed E-state index contributed by atoms with van der Waals surface area (Å²) in [5.41, 5.74) is 0. The number of nitrogens with zero attached hydrogens (tertiary/aromatic N) is 1. The maximum Gasteiger partial charge on any atom is 0.472 e. The third-order valence-corrected chi connectivity index (χ3v) is 10.1. The number of phosphoric ester groups is 1. The van der Waals surface area contributed by atoms with Crippen molar-refractivity contribution in [2.24, 2.45) is 0 Å². The van der Waals surface area contributed by atoms with Crippen LogP contribution < -0.4 is 0 Å². The molecule has 2 unspecified atom stereocenters. The van der Waals surface area contributed by atoms with Crippen molar-refractivity contribution in [2.45, 2.75) is 193 Å². The molecule has 8 nitrogen and oxygen atoms in total. The molecule has 9 heteroatoms. The fourth-order valence-corrected chi connectivity index (χ4v) is 6.52. The summed E-state index contributed by atoms with van der Waals surface area (Å²) >= 11 is 0. The lowest BCUT2D eigenvalue weighted by molar-refractivity contribution is -0.870. The Morgan fingerprint density at radius 1 is 0.600 bits per heavy atom. The van der Waals surface area contributed by atoms with Crippen LogP contribution in [0.3, 0.4) is 0 Å². The van der Waals surface area contributed by atoms with Gasteiger partial charge in [0.05, 0.1) is 34.4 Å². The predicted molar refractivity (Wildman–Crippen MR) is 210 cm³/mol. The first-order valence-electron chi connectivity index (χ1n) is 20.9. The number of unbranched alkanes of at least 4 members (excludes halogenated alkanes) is 23. The maximum absolute atomic E-state index is 12.6. The van der Waals surface area contributed by atoms with E-state index in [1.165, 1.54) is 135 Å². The molecule has 0 aromatic heterocycles. The number of hydrogen-bond acceptors (Lipinski definition) is 6. The Morgan fingerprint density at radius 2 is 1.04 bits per heavy atom. The molecular weight excluding hydrogens is 649 g/mol. The van der Waals surface area contributed by atoms with Gasteiger partial charge in [0.2, 0.25) is 0 Å². The van der Waals surface area contributed by atoms with Crippen LogP contribution in [0.2, 0.25) is 0 Å². The van der Waals surface area contributed by atoms with Gasteiger partial charge >= 0.3 is 13.8 Å². The third-order valence-electron chi connectivity index (χ3n) is 9.08. The van der Waals surface area contributed by atoms with Crippen molar-refractivity contribution in [1.82, 2.24) is 0 Å². The fourth-order valence-electron chi connectivity index (χ4n) is 5.78. The molecule has 298 valence electrons. The van der Waals surface area contributed by atoms with Crippen LogP contribution in [-0.2, 0) is 27.9 Å². The van der Waals surface area contributed by atoms with Gasteiger partial charge in [0.15, 0.2) is 0 Å². The van der Waals surface area contributed by atoms with E-state index in [9.17, 15) is 14.3 Å². The van der Waals surface area contributed by atoms with Gasteiger partial charge in [0.1, 0.15) is 19.3 Å². The summed E-state index contributed by atoms with van der Waals surface area (Å²) in [6, 6.07) is 0. The van der Waals surface area contributed by atoms with E-state index in [0.717, 1.165) is 32.1 Å². The van der Waals surface area contributed by atoms with E-state index in [4.69, 9.17) is 18.5 Å². The Bertz CT molecular complexity index is 817. The molecule has 0 fully saturated rings. The van der Waals surface area contributed by atoms with Gasteiger partial charge < -0.3 is 18.9 Å². The molecule has 1 N–H and O–H groups in total. The average Bonchev–Trinajstić information content (AvgIpc) is 3.06. The topological polar surface area (TPSA) is 91.3 Å². The Balaban J connectivity index is 4.25. The normalized spacial score (nSPS) is 14.0. The molecule has 0 aromatic rings. The molecular formula is C41H83NO7P+. The van der Waals surface area contributed by atoms with Crippen LogP contribution in [0.25, 0.3) is 0 Å². The highest BCUT2D eigenvalue weighted by atomic mass is 31.2. The molecule has 50 heavy (non-hydrogen) atoms. The SMILES string of the molecule is CCCCCC/C=C\CCCCCCCCOCC(COP(=O)(O)OCC[N+](C)(C)C)OC(=O)CCCCCCCCCCCCCCCC. The van der Waals surface area contributed by atoms with Crippen LogP contribution in [0.15, 0.2) is 12.2 Å². The van der Waals surface area contributed by atoms with E-state index in [1.807, 2.05) is 21.1 Å². The van der Waals surface area contributed by atoms with E-state index in [0.29, 0.717) is 24.1 Å². The number of carbonyl (C=O) groups is 1. The number of phosphoric acid groups is 1. The number of likely N-dealkylation sites (N-methyl/N-ethyl adjacent to an activating group) is 1. The van der Waals surface area contributed by atoms with E-state index >= 15 is 0 Å². The highest BCUT2D eigenvalue weighted by molar-refractivity contribution is 7.47. The Kier molecular flexibility index (Phi) is 34.7.